The molecule has 36 heavy (non-hydrogen) atoms. The Morgan fingerprint density at radius 2 is 0.694 bits per heavy atom. The Bertz CT molecular complexity index is 1400. The van der Waals surface area contributed by atoms with Gasteiger partial charge in [0, 0.05) is 22.5 Å². The fourth-order valence-electron chi connectivity index (χ4n) is 4.19. The van der Waals surface area contributed by atoms with Crippen molar-refractivity contribution in [2.75, 3.05) is 11.5 Å². The van der Waals surface area contributed by atoms with Crippen LogP contribution >= 0.6 is 0 Å². The van der Waals surface area contributed by atoms with Gasteiger partial charge < -0.3 is 11.5 Å². The second kappa shape index (κ2) is 10.6. The maximum absolute atomic E-state index is 6.22. The number of rotatable bonds is 6. The van der Waals surface area contributed by atoms with Gasteiger partial charge in [0.2, 0.25) is 0 Å². The lowest BCUT2D eigenvalue weighted by Crippen LogP contribution is -1.90. The molecule has 0 unspecified atom stereocenters. The van der Waals surface area contributed by atoms with E-state index < -0.39 is 0 Å². The van der Waals surface area contributed by atoms with Crippen molar-refractivity contribution in [3.8, 4) is 22.3 Å². The number of nitrogen functional groups attached to an aromatic ring is 2. The minimum absolute atomic E-state index is 0.784. The molecule has 0 fully saturated rings. The summed E-state index contributed by atoms with van der Waals surface area (Å²) in [5.74, 6) is 0. The molecule has 0 amide bonds. The van der Waals surface area contributed by atoms with E-state index in [1.54, 1.807) is 0 Å². The summed E-state index contributed by atoms with van der Waals surface area (Å²) >= 11 is 0. The summed E-state index contributed by atoms with van der Waals surface area (Å²) in [5, 5.41) is 0. The Morgan fingerprint density at radius 3 is 1.08 bits per heavy atom. The maximum atomic E-state index is 6.22. The number of hydrogen-bond acceptors (Lipinski definition) is 2. The lowest BCUT2D eigenvalue weighted by Gasteiger charge is -2.07. The number of hydrogen-bond donors (Lipinski definition) is 2. The highest BCUT2D eigenvalue weighted by Crippen LogP contribution is 2.29. The summed E-state index contributed by atoms with van der Waals surface area (Å²) < 4.78 is 0. The van der Waals surface area contributed by atoms with Crippen LogP contribution < -0.4 is 11.5 Å². The third-order valence-electron chi connectivity index (χ3n) is 6.20. The lowest BCUT2D eigenvalue weighted by molar-refractivity contribution is 1.58. The van der Waals surface area contributed by atoms with Crippen LogP contribution in [0.5, 0.6) is 0 Å². The number of anilines is 2. The first-order valence-corrected chi connectivity index (χ1v) is 12.0. The van der Waals surface area contributed by atoms with E-state index in [-0.39, 0.29) is 0 Å². The summed E-state index contributed by atoms with van der Waals surface area (Å²) in [4.78, 5) is 0. The van der Waals surface area contributed by atoms with Crippen LogP contribution in [0.1, 0.15) is 22.3 Å². The fourth-order valence-corrected chi connectivity index (χ4v) is 4.19. The molecule has 5 rings (SSSR count). The van der Waals surface area contributed by atoms with Gasteiger partial charge in [0.15, 0.2) is 0 Å². The average molecular weight is 465 g/mol. The van der Waals surface area contributed by atoms with Gasteiger partial charge in [-0.05, 0) is 57.6 Å². The van der Waals surface area contributed by atoms with Crippen LogP contribution in [0.25, 0.3) is 46.6 Å². The number of nitrogens with two attached hydrogens (primary N) is 2. The van der Waals surface area contributed by atoms with Gasteiger partial charge in [-0.3, -0.25) is 0 Å². The normalized spacial score (nSPS) is 11.3. The molecule has 0 heterocycles. The molecule has 174 valence electrons. The largest absolute Gasteiger partial charge is 0.398 e. The summed E-state index contributed by atoms with van der Waals surface area (Å²) in [7, 11) is 0. The minimum atomic E-state index is 0.784. The SMILES string of the molecule is Nc1ccc(C=Cc2ccc(C=Cc3ccc(N)c(-c4ccccc4)c3)cc2)cc1-c1ccccc1. The molecule has 5 aromatic carbocycles. The second-order valence-corrected chi connectivity index (χ2v) is 8.76. The van der Waals surface area contributed by atoms with Gasteiger partial charge in [-0.2, -0.15) is 0 Å². The molecule has 0 bridgehead atoms. The van der Waals surface area contributed by atoms with Crippen molar-refractivity contribution >= 4 is 35.7 Å². The van der Waals surface area contributed by atoms with Crippen molar-refractivity contribution in [1.29, 1.82) is 0 Å². The standard InChI is InChI=1S/C34H28N2/c35-33-21-19-27(23-31(33)29-7-3-1-4-8-29)17-15-25-11-13-26(14-12-25)16-18-28-20-22-34(36)32(24-28)30-9-5-2-6-10-30/h1-24H,35-36H2. The topological polar surface area (TPSA) is 52.0 Å². The highest BCUT2D eigenvalue weighted by Gasteiger charge is 2.04. The van der Waals surface area contributed by atoms with E-state index in [1.165, 1.54) is 0 Å². The molecule has 2 nitrogen and oxygen atoms in total. The van der Waals surface area contributed by atoms with Gasteiger partial charge in [-0.15, -0.1) is 0 Å². The summed E-state index contributed by atoms with van der Waals surface area (Å²) in [6, 6.07) is 41.3. The lowest BCUT2D eigenvalue weighted by atomic mass is 10.00. The Kier molecular flexibility index (Phi) is 6.77. The van der Waals surface area contributed by atoms with Crippen LogP contribution in [0.3, 0.4) is 0 Å². The predicted octanol–water partition coefficient (Wildman–Crippen LogP) is 8.53. The van der Waals surface area contributed by atoms with Crippen molar-refractivity contribution in [2.45, 2.75) is 0 Å². The first-order valence-electron chi connectivity index (χ1n) is 12.0. The third-order valence-corrected chi connectivity index (χ3v) is 6.20. The molecule has 0 aliphatic carbocycles. The average Bonchev–Trinajstić information content (AvgIpc) is 2.93. The van der Waals surface area contributed by atoms with E-state index in [4.69, 9.17) is 11.5 Å². The highest BCUT2D eigenvalue weighted by atomic mass is 14.6. The monoisotopic (exact) mass is 464 g/mol. The van der Waals surface area contributed by atoms with E-state index >= 15 is 0 Å². The van der Waals surface area contributed by atoms with E-state index in [0.29, 0.717) is 0 Å². The summed E-state index contributed by atoms with van der Waals surface area (Å²) in [6.45, 7) is 0. The van der Waals surface area contributed by atoms with Gasteiger partial charge >= 0.3 is 0 Å². The minimum Gasteiger partial charge on any atom is -0.398 e. The van der Waals surface area contributed by atoms with Gasteiger partial charge in [-0.1, -0.05) is 121 Å². The zero-order chi connectivity index (χ0) is 24.7. The zero-order valence-corrected chi connectivity index (χ0v) is 20.0. The number of benzene rings is 5. The quantitative estimate of drug-likeness (QED) is 0.195. The Morgan fingerprint density at radius 1 is 0.361 bits per heavy atom. The van der Waals surface area contributed by atoms with E-state index in [2.05, 4.69) is 85.0 Å². The third kappa shape index (κ3) is 5.45. The molecule has 2 heteroatoms. The molecule has 0 aromatic heterocycles. The van der Waals surface area contributed by atoms with Crippen LogP contribution in [-0.4, -0.2) is 0 Å². The first kappa shape index (κ1) is 22.9. The smallest absolute Gasteiger partial charge is 0.0394 e. The summed E-state index contributed by atoms with van der Waals surface area (Å²) in [5.41, 5.74) is 22.9. The molecule has 4 N–H and O–H groups in total. The zero-order valence-electron chi connectivity index (χ0n) is 20.0. The van der Waals surface area contributed by atoms with Gasteiger partial charge in [0.05, 0.1) is 0 Å². The molecule has 5 aromatic rings. The first-order chi connectivity index (χ1) is 17.7. The van der Waals surface area contributed by atoms with Crippen LogP contribution in [0.15, 0.2) is 121 Å². The maximum Gasteiger partial charge on any atom is 0.0394 e. The molecular weight excluding hydrogens is 436 g/mol. The molecule has 0 radical (unpaired) electrons. The van der Waals surface area contributed by atoms with Crippen molar-refractivity contribution in [2.24, 2.45) is 0 Å². The van der Waals surface area contributed by atoms with Gasteiger partial charge in [-0.25, -0.2) is 0 Å². The van der Waals surface area contributed by atoms with Crippen molar-refractivity contribution in [3.63, 3.8) is 0 Å². The van der Waals surface area contributed by atoms with E-state index in [9.17, 15) is 0 Å². The van der Waals surface area contributed by atoms with Crippen LogP contribution in [0, 0.1) is 0 Å². The molecular formula is C34H28N2. The van der Waals surface area contributed by atoms with Gasteiger partial charge in [0.25, 0.3) is 0 Å². The Balaban J connectivity index is 1.30. The molecule has 0 spiro atoms. The van der Waals surface area contributed by atoms with E-state index in [1.807, 2.05) is 60.7 Å². The highest BCUT2D eigenvalue weighted by molar-refractivity contribution is 5.82. The predicted molar refractivity (Wildman–Crippen MR) is 157 cm³/mol. The van der Waals surface area contributed by atoms with Crippen molar-refractivity contribution < 1.29 is 0 Å². The Hall–Kier alpha value is -4.82. The molecule has 0 aliphatic heterocycles. The van der Waals surface area contributed by atoms with Crippen LogP contribution in [0.4, 0.5) is 11.4 Å². The second-order valence-electron chi connectivity index (χ2n) is 8.76. The van der Waals surface area contributed by atoms with Gasteiger partial charge in [0.1, 0.15) is 0 Å². The van der Waals surface area contributed by atoms with Crippen molar-refractivity contribution in [1.82, 2.24) is 0 Å². The van der Waals surface area contributed by atoms with E-state index in [0.717, 1.165) is 55.9 Å². The van der Waals surface area contributed by atoms with Crippen LogP contribution in [0.2, 0.25) is 0 Å². The van der Waals surface area contributed by atoms with Crippen molar-refractivity contribution in [3.05, 3.63) is 144 Å². The fraction of sp³-hybridized carbons (Fsp3) is 0. The van der Waals surface area contributed by atoms with Crippen LogP contribution in [-0.2, 0) is 0 Å². The summed E-state index contributed by atoms with van der Waals surface area (Å²) in [6.07, 6.45) is 8.49. The molecule has 0 atom stereocenters. The Labute approximate surface area is 212 Å². The molecule has 0 saturated heterocycles. The molecule has 0 saturated carbocycles. The molecule has 0 aliphatic rings.